The zero-order valence-electron chi connectivity index (χ0n) is 12.6. The first-order chi connectivity index (χ1) is 9.63. The minimum atomic E-state index is -0.0943. The maximum absolute atomic E-state index is 11.8. The summed E-state index contributed by atoms with van der Waals surface area (Å²) >= 11 is 0. The quantitative estimate of drug-likeness (QED) is 0.563. The molecule has 0 radical (unpaired) electrons. The first-order valence-electron chi connectivity index (χ1n) is 7.14. The summed E-state index contributed by atoms with van der Waals surface area (Å²) in [6, 6.07) is 5.43. The third-order valence-corrected chi connectivity index (χ3v) is 3.06. The van der Waals surface area contributed by atoms with Gasteiger partial charge in [-0.2, -0.15) is 0 Å². The summed E-state index contributed by atoms with van der Waals surface area (Å²) in [7, 11) is 0. The summed E-state index contributed by atoms with van der Waals surface area (Å²) in [5.74, 6) is -0.0943. The molecule has 0 bridgehead atoms. The van der Waals surface area contributed by atoms with Gasteiger partial charge in [0.1, 0.15) is 0 Å². The lowest BCUT2D eigenvalue weighted by molar-refractivity contribution is 0.0956. The first kappa shape index (κ1) is 16.3. The second-order valence-corrected chi connectivity index (χ2v) is 4.41. The van der Waals surface area contributed by atoms with E-state index < -0.39 is 0 Å². The van der Waals surface area contributed by atoms with Crippen molar-refractivity contribution in [3.8, 4) is 0 Å². The molecule has 1 rings (SSSR count). The highest BCUT2D eigenvalue weighted by Gasteiger charge is 2.11. The third-order valence-electron chi connectivity index (χ3n) is 3.06. The first-order valence-corrected chi connectivity index (χ1v) is 7.14. The van der Waals surface area contributed by atoms with Crippen molar-refractivity contribution in [3.63, 3.8) is 0 Å². The Morgan fingerprint density at radius 2 is 2.10 bits per heavy atom. The molecule has 3 N–H and O–H groups in total. The number of benzene rings is 1. The highest BCUT2D eigenvalue weighted by atomic mass is 16.5. The summed E-state index contributed by atoms with van der Waals surface area (Å²) < 4.78 is 5.37. The van der Waals surface area contributed by atoms with Gasteiger partial charge in [0.15, 0.2) is 0 Å². The fourth-order valence-corrected chi connectivity index (χ4v) is 2.01. The lowest BCUT2D eigenvalue weighted by atomic mass is 10.1. The lowest BCUT2D eigenvalue weighted by Gasteiger charge is -2.24. The molecule has 1 aromatic carbocycles. The molecule has 112 valence electrons. The number of nitrogens with zero attached hydrogens (tertiary/aromatic N) is 1. The summed E-state index contributed by atoms with van der Waals surface area (Å²) in [6.07, 6.45) is 0. The topological polar surface area (TPSA) is 67.6 Å². The van der Waals surface area contributed by atoms with Gasteiger partial charge < -0.3 is 20.7 Å². The Labute approximate surface area is 121 Å². The van der Waals surface area contributed by atoms with E-state index in [1.807, 2.05) is 19.9 Å². The fourth-order valence-electron chi connectivity index (χ4n) is 2.01. The number of rotatable bonds is 8. The van der Waals surface area contributed by atoms with Crippen LogP contribution in [0.5, 0.6) is 0 Å². The Morgan fingerprint density at radius 1 is 1.35 bits per heavy atom. The monoisotopic (exact) mass is 279 g/mol. The molecule has 1 aromatic rings. The van der Waals surface area contributed by atoms with E-state index in [0.717, 1.165) is 18.8 Å². The molecule has 5 nitrogen and oxygen atoms in total. The van der Waals surface area contributed by atoms with Crippen molar-refractivity contribution in [3.05, 3.63) is 23.8 Å². The number of nitrogens with one attached hydrogen (secondary N) is 1. The van der Waals surface area contributed by atoms with Gasteiger partial charge in [0.05, 0.1) is 18.0 Å². The summed E-state index contributed by atoms with van der Waals surface area (Å²) in [5, 5.41) is 2.77. The van der Waals surface area contributed by atoms with Gasteiger partial charge >= 0.3 is 0 Å². The highest BCUT2D eigenvalue weighted by Crippen LogP contribution is 2.24. The predicted molar refractivity (Wildman–Crippen MR) is 83.2 cm³/mol. The zero-order valence-corrected chi connectivity index (χ0v) is 12.6. The Bertz CT molecular complexity index is 435. The molecule has 0 atom stereocenters. The molecule has 0 unspecified atom stereocenters. The zero-order chi connectivity index (χ0) is 15.0. The van der Waals surface area contributed by atoms with Crippen molar-refractivity contribution in [1.29, 1.82) is 0 Å². The summed E-state index contributed by atoms with van der Waals surface area (Å²) in [6.45, 7) is 9.56. The molecule has 0 aliphatic rings. The van der Waals surface area contributed by atoms with Crippen LogP contribution in [0.25, 0.3) is 0 Å². The number of carbonyl (C=O) groups excluding carboxylic acids is 1. The number of carbonyl (C=O) groups is 1. The van der Waals surface area contributed by atoms with Crippen molar-refractivity contribution in [2.45, 2.75) is 20.8 Å². The van der Waals surface area contributed by atoms with Crippen molar-refractivity contribution < 1.29 is 9.53 Å². The largest absolute Gasteiger partial charge is 0.397 e. The Balaban J connectivity index is 2.82. The highest BCUT2D eigenvalue weighted by molar-refractivity contribution is 5.96. The normalized spacial score (nSPS) is 10.3. The molecule has 0 spiro atoms. The van der Waals surface area contributed by atoms with Gasteiger partial charge in [-0.15, -0.1) is 0 Å². The standard InChI is InChI=1S/C15H25N3O2/c1-4-17-15(19)12-7-8-14(13(16)11-12)18(5-2)9-10-20-6-3/h7-8,11H,4-6,9-10,16H2,1-3H3,(H,17,19). The minimum absolute atomic E-state index is 0.0943. The van der Waals surface area contributed by atoms with Crippen LogP contribution in [-0.2, 0) is 4.74 Å². The van der Waals surface area contributed by atoms with Crippen molar-refractivity contribution in [2.24, 2.45) is 0 Å². The van der Waals surface area contributed by atoms with Crippen LogP contribution in [0.1, 0.15) is 31.1 Å². The van der Waals surface area contributed by atoms with Gasteiger partial charge in [-0.1, -0.05) is 0 Å². The van der Waals surface area contributed by atoms with Crippen molar-refractivity contribution in [1.82, 2.24) is 5.32 Å². The molecule has 0 heterocycles. The van der Waals surface area contributed by atoms with E-state index in [0.29, 0.717) is 31.0 Å². The van der Waals surface area contributed by atoms with Crippen LogP contribution in [0.2, 0.25) is 0 Å². The van der Waals surface area contributed by atoms with E-state index in [9.17, 15) is 4.79 Å². The fraction of sp³-hybridized carbons (Fsp3) is 0.533. The molecular weight excluding hydrogens is 254 g/mol. The van der Waals surface area contributed by atoms with Crippen LogP contribution < -0.4 is 16.0 Å². The van der Waals surface area contributed by atoms with Gasteiger partial charge in [0.25, 0.3) is 5.91 Å². The number of hydrogen-bond donors (Lipinski definition) is 2. The van der Waals surface area contributed by atoms with Gasteiger partial charge in [0.2, 0.25) is 0 Å². The Hall–Kier alpha value is -1.75. The minimum Gasteiger partial charge on any atom is -0.397 e. The van der Waals surface area contributed by atoms with E-state index in [1.165, 1.54) is 0 Å². The predicted octanol–water partition coefficient (Wildman–Crippen LogP) is 1.88. The van der Waals surface area contributed by atoms with Gasteiger partial charge in [-0.3, -0.25) is 4.79 Å². The molecule has 20 heavy (non-hydrogen) atoms. The molecule has 0 aliphatic carbocycles. The second-order valence-electron chi connectivity index (χ2n) is 4.41. The number of anilines is 2. The molecule has 0 fully saturated rings. The molecular formula is C15H25N3O2. The lowest BCUT2D eigenvalue weighted by Crippen LogP contribution is -2.28. The molecule has 1 amide bonds. The average molecular weight is 279 g/mol. The van der Waals surface area contributed by atoms with Crippen LogP contribution in [0.4, 0.5) is 11.4 Å². The Kier molecular flexibility index (Phi) is 6.87. The number of amides is 1. The van der Waals surface area contributed by atoms with Crippen LogP contribution in [-0.4, -0.2) is 38.8 Å². The number of nitrogens with two attached hydrogens (primary N) is 1. The van der Waals surface area contributed by atoms with Gasteiger partial charge in [-0.25, -0.2) is 0 Å². The third kappa shape index (κ3) is 4.42. The van der Waals surface area contributed by atoms with E-state index >= 15 is 0 Å². The van der Waals surface area contributed by atoms with Crippen LogP contribution in [0, 0.1) is 0 Å². The maximum atomic E-state index is 11.8. The molecule has 0 saturated heterocycles. The summed E-state index contributed by atoms with van der Waals surface area (Å²) in [4.78, 5) is 13.9. The van der Waals surface area contributed by atoms with E-state index in [2.05, 4.69) is 17.1 Å². The SMILES string of the molecule is CCNC(=O)c1ccc(N(CC)CCOCC)c(N)c1. The van der Waals surface area contributed by atoms with E-state index in [-0.39, 0.29) is 5.91 Å². The van der Waals surface area contributed by atoms with E-state index in [4.69, 9.17) is 10.5 Å². The van der Waals surface area contributed by atoms with Crippen molar-refractivity contribution >= 4 is 17.3 Å². The maximum Gasteiger partial charge on any atom is 0.251 e. The molecule has 0 aliphatic heterocycles. The Morgan fingerprint density at radius 3 is 2.65 bits per heavy atom. The average Bonchev–Trinajstić information content (AvgIpc) is 2.44. The number of ether oxygens (including phenoxy) is 1. The molecule has 5 heteroatoms. The molecule has 0 saturated carbocycles. The van der Waals surface area contributed by atoms with Crippen LogP contribution in [0.15, 0.2) is 18.2 Å². The van der Waals surface area contributed by atoms with Crippen LogP contribution in [0.3, 0.4) is 0 Å². The number of hydrogen-bond acceptors (Lipinski definition) is 4. The van der Waals surface area contributed by atoms with Crippen LogP contribution >= 0.6 is 0 Å². The van der Waals surface area contributed by atoms with Gasteiger partial charge in [-0.05, 0) is 39.0 Å². The number of nitrogen functional groups attached to an aromatic ring is 1. The smallest absolute Gasteiger partial charge is 0.251 e. The second kappa shape index (κ2) is 8.43. The van der Waals surface area contributed by atoms with E-state index in [1.54, 1.807) is 12.1 Å². The number of likely N-dealkylation sites (N-methyl/N-ethyl adjacent to an activating group) is 1. The van der Waals surface area contributed by atoms with Gasteiger partial charge in [0, 0.05) is 31.8 Å². The van der Waals surface area contributed by atoms with Crippen molar-refractivity contribution in [2.75, 3.05) is 43.5 Å². The summed E-state index contributed by atoms with van der Waals surface area (Å²) in [5.41, 5.74) is 8.23. The molecule has 0 aromatic heterocycles.